The second kappa shape index (κ2) is 26.4. The molecule has 0 radical (unpaired) electrons. The third-order valence-corrected chi connectivity index (χ3v) is 19.6. The summed E-state index contributed by atoms with van der Waals surface area (Å²) in [4.78, 5) is 42.1. The molecule has 3 aromatic rings. The molecule has 0 aliphatic carbocycles. The van der Waals surface area contributed by atoms with E-state index >= 15 is 18.0 Å². The Morgan fingerprint density at radius 1 is 0.795 bits per heavy atom. The standard InChI is InChI=1S/C56H79F3O13Si/c1-12-50(67-36-42-23-27-45(64-10)28-24-42)39(6)51(69-52(62)55(65-11,56(57,58)59)43-19-17-16-18-20-43)38(5)49(61)32-48-33-53(8,72-73(13-2,14-3)15-4)37-54(71-48)34-47(68-40(7)60)31-46(70-54)29-30-66-35-41-21-25-44(63-9)26-22-41/h16-28,38-39,46-48,50-51H,12-15,29-37H2,1-11H3/t38-,39+,46+,47+,48+,50+,51+,53+,54-,55-/m1/s1. The zero-order chi connectivity index (χ0) is 53.6. The van der Waals surface area contributed by atoms with Crippen LogP contribution in [0.4, 0.5) is 13.2 Å². The van der Waals surface area contributed by atoms with Gasteiger partial charge in [-0.25, -0.2) is 4.79 Å². The van der Waals surface area contributed by atoms with Crippen molar-refractivity contribution >= 4 is 26.0 Å². The molecule has 73 heavy (non-hydrogen) atoms. The van der Waals surface area contributed by atoms with Gasteiger partial charge in [0.05, 0.1) is 57.3 Å². The van der Waals surface area contributed by atoms with Crippen LogP contribution >= 0.6 is 0 Å². The van der Waals surface area contributed by atoms with E-state index in [1.165, 1.54) is 25.1 Å². The largest absolute Gasteiger partial charge is 0.497 e. The first-order valence-electron chi connectivity index (χ1n) is 25.8. The summed E-state index contributed by atoms with van der Waals surface area (Å²) >= 11 is 0. The molecule has 2 heterocycles. The van der Waals surface area contributed by atoms with Crippen LogP contribution in [-0.2, 0) is 70.8 Å². The van der Waals surface area contributed by atoms with Crippen LogP contribution in [0.25, 0.3) is 0 Å². The summed E-state index contributed by atoms with van der Waals surface area (Å²) in [6.45, 7) is 15.7. The van der Waals surface area contributed by atoms with Crippen LogP contribution in [-0.4, -0.2) is 102 Å². The Hall–Kier alpha value is -4.36. The van der Waals surface area contributed by atoms with Gasteiger partial charge in [-0.1, -0.05) is 96.1 Å². The highest BCUT2D eigenvalue weighted by Gasteiger charge is 2.65. The molecule has 1 spiro atoms. The van der Waals surface area contributed by atoms with Crippen LogP contribution in [0, 0.1) is 11.8 Å². The molecule has 406 valence electrons. The van der Waals surface area contributed by atoms with Crippen molar-refractivity contribution in [1.29, 1.82) is 0 Å². The number of benzene rings is 3. The number of alkyl halides is 3. The van der Waals surface area contributed by atoms with Gasteiger partial charge in [-0.3, -0.25) is 9.59 Å². The number of methoxy groups -OCH3 is 3. The fraction of sp³-hybridized carbons (Fsp3) is 0.625. The number of ether oxygens (including phenoxy) is 9. The number of hydrogen-bond acceptors (Lipinski definition) is 13. The molecule has 2 aliphatic rings. The predicted octanol–water partition coefficient (Wildman–Crippen LogP) is 11.6. The van der Waals surface area contributed by atoms with Gasteiger partial charge in [-0.2, -0.15) is 13.2 Å². The number of carbonyl (C=O) groups is 3. The van der Waals surface area contributed by atoms with Gasteiger partial charge in [0.15, 0.2) is 14.1 Å². The molecule has 13 nitrogen and oxygen atoms in total. The summed E-state index contributed by atoms with van der Waals surface area (Å²) < 4.78 is 108. The van der Waals surface area contributed by atoms with E-state index in [1.807, 2.05) is 50.2 Å². The van der Waals surface area contributed by atoms with Crippen LogP contribution in [0.15, 0.2) is 78.9 Å². The lowest BCUT2D eigenvalue weighted by Gasteiger charge is -2.55. The maximum Gasteiger partial charge on any atom is 0.432 e. The highest BCUT2D eigenvalue weighted by Crippen LogP contribution is 2.49. The van der Waals surface area contributed by atoms with E-state index in [0.29, 0.717) is 38.2 Å². The zero-order valence-electron chi connectivity index (χ0n) is 44.7. The molecular weight excluding hydrogens is 966 g/mol. The first kappa shape index (κ1) is 59.5. The molecule has 0 aromatic heterocycles. The topological polar surface area (TPSA) is 144 Å². The Bertz CT molecular complexity index is 2190. The maximum atomic E-state index is 15.4. The molecule has 2 fully saturated rings. The van der Waals surface area contributed by atoms with Crippen molar-refractivity contribution < 1.29 is 74.6 Å². The number of Topliss-reactive ketones (excluding diaryl/α,β-unsaturated/α-hetero) is 1. The van der Waals surface area contributed by atoms with Gasteiger partial charge in [0.25, 0.3) is 5.60 Å². The normalized spacial score (nSPS) is 23.9. The van der Waals surface area contributed by atoms with Gasteiger partial charge in [0.2, 0.25) is 0 Å². The number of halogens is 3. The number of esters is 2. The van der Waals surface area contributed by atoms with Gasteiger partial charge in [0.1, 0.15) is 29.5 Å². The molecular formula is C56H79F3O13Si. The SMILES string of the molecule is CC[C@H](OCc1ccc(OC)cc1)[C@H](C)[C@@H](OC(=O)[C@](OC)(c1ccccc1)C(F)(F)F)[C@H](C)C(=O)C[C@H]1C[C@](C)(O[Si](CC)(CC)CC)C[C@@]2(C[C@@H](OC(C)=O)C[C@H](CCOCc3ccc(OC)cc3)O2)O1. The van der Waals surface area contributed by atoms with E-state index in [4.69, 9.17) is 47.1 Å². The van der Waals surface area contributed by atoms with Gasteiger partial charge >= 0.3 is 18.1 Å². The van der Waals surface area contributed by atoms with Gasteiger partial charge in [0, 0.05) is 64.2 Å². The lowest BCUT2D eigenvalue weighted by atomic mass is 9.79. The molecule has 10 atom stereocenters. The molecule has 3 aromatic carbocycles. The Kier molecular flexibility index (Phi) is 21.5. The number of rotatable bonds is 27. The molecule has 2 saturated heterocycles. The van der Waals surface area contributed by atoms with Gasteiger partial charge in [-0.15, -0.1) is 0 Å². The smallest absolute Gasteiger partial charge is 0.432 e. The minimum atomic E-state index is -5.26. The van der Waals surface area contributed by atoms with E-state index in [-0.39, 0.29) is 32.3 Å². The van der Waals surface area contributed by atoms with Crippen LogP contribution < -0.4 is 9.47 Å². The minimum Gasteiger partial charge on any atom is -0.497 e. The quantitative estimate of drug-likeness (QED) is 0.0406. The first-order chi connectivity index (χ1) is 34.7. The fourth-order valence-corrected chi connectivity index (χ4v) is 13.9. The van der Waals surface area contributed by atoms with Crippen LogP contribution in [0.1, 0.15) is 117 Å². The molecule has 0 bridgehead atoms. The van der Waals surface area contributed by atoms with E-state index in [0.717, 1.165) is 54.3 Å². The van der Waals surface area contributed by atoms with E-state index in [1.54, 1.807) is 40.2 Å². The van der Waals surface area contributed by atoms with Crippen LogP contribution in [0.3, 0.4) is 0 Å². The lowest BCUT2D eigenvalue weighted by molar-refractivity contribution is -0.348. The van der Waals surface area contributed by atoms with Gasteiger partial charge < -0.3 is 47.1 Å². The predicted molar refractivity (Wildman–Crippen MR) is 271 cm³/mol. The van der Waals surface area contributed by atoms with Gasteiger partial charge in [-0.05, 0) is 73.3 Å². The van der Waals surface area contributed by atoms with Crippen molar-refractivity contribution in [3.8, 4) is 11.5 Å². The third-order valence-electron chi connectivity index (χ3n) is 14.8. The average molecular weight is 1050 g/mol. The van der Waals surface area contributed by atoms with Crippen LogP contribution in [0.2, 0.25) is 18.1 Å². The summed E-state index contributed by atoms with van der Waals surface area (Å²) in [7, 11) is 1.64. The zero-order valence-corrected chi connectivity index (χ0v) is 45.7. The van der Waals surface area contributed by atoms with E-state index in [2.05, 4.69) is 20.8 Å². The Morgan fingerprint density at radius 2 is 1.37 bits per heavy atom. The number of hydrogen-bond donors (Lipinski definition) is 0. The van der Waals surface area contributed by atoms with Crippen molar-refractivity contribution in [2.24, 2.45) is 11.8 Å². The van der Waals surface area contributed by atoms with Crippen molar-refractivity contribution in [2.45, 2.75) is 185 Å². The summed E-state index contributed by atoms with van der Waals surface area (Å²) in [5.41, 5.74) is -3.08. The maximum absolute atomic E-state index is 15.4. The number of ketones is 1. The highest BCUT2D eigenvalue weighted by molar-refractivity contribution is 6.73. The second-order valence-corrected chi connectivity index (χ2v) is 24.7. The molecule has 5 rings (SSSR count). The minimum absolute atomic E-state index is 0.128. The molecule has 0 unspecified atom stereocenters. The van der Waals surface area contributed by atoms with Crippen molar-refractivity contribution in [3.63, 3.8) is 0 Å². The Morgan fingerprint density at radius 3 is 1.89 bits per heavy atom. The monoisotopic (exact) mass is 1040 g/mol. The van der Waals surface area contributed by atoms with Crippen molar-refractivity contribution in [2.75, 3.05) is 27.9 Å². The lowest BCUT2D eigenvalue weighted by Crippen LogP contribution is -2.61. The number of carbonyl (C=O) groups excluding carboxylic acids is 3. The molecule has 0 N–H and O–H groups in total. The summed E-state index contributed by atoms with van der Waals surface area (Å²) in [6, 6.07) is 24.0. The Balaban J connectivity index is 1.48. The summed E-state index contributed by atoms with van der Waals surface area (Å²) in [6.07, 6.45) is -7.53. The molecule has 0 saturated carbocycles. The molecule has 17 heteroatoms. The fourth-order valence-electron chi connectivity index (χ4n) is 10.8. The molecule has 0 amide bonds. The highest BCUT2D eigenvalue weighted by atomic mass is 28.4. The third kappa shape index (κ3) is 15.2. The van der Waals surface area contributed by atoms with E-state index in [9.17, 15) is 9.59 Å². The summed E-state index contributed by atoms with van der Waals surface area (Å²) in [5, 5.41) is 0. The average Bonchev–Trinajstić information content (AvgIpc) is 3.36. The van der Waals surface area contributed by atoms with Crippen molar-refractivity contribution in [3.05, 3.63) is 95.6 Å². The first-order valence-corrected chi connectivity index (χ1v) is 28.3. The van der Waals surface area contributed by atoms with Crippen molar-refractivity contribution in [1.82, 2.24) is 0 Å². The molecule has 2 aliphatic heterocycles. The summed E-state index contributed by atoms with van der Waals surface area (Å²) in [5.74, 6) is -4.53. The Labute approximate surface area is 431 Å². The van der Waals surface area contributed by atoms with E-state index < -0.39 is 97.1 Å². The van der Waals surface area contributed by atoms with Crippen LogP contribution in [0.5, 0.6) is 11.5 Å². The second-order valence-electron chi connectivity index (χ2n) is 20.0.